The monoisotopic (exact) mass is 323 g/mol. The van der Waals surface area contributed by atoms with Gasteiger partial charge in [0.25, 0.3) is 5.56 Å². The van der Waals surface area contributed by atoms with Crippen molar-refractivity contribution in [3.05, 3.63) is 69.6 Å². The van der Waals surface area contributed by atoms with Crippen molar-refractivity contribution >= 4 is 5.91 Å². The largest absolute Gasteiger partial charge is 0.348 e. The van der Waals surface area contributed by atoms with E-state index in [0.717, 1.165) is 18.4 Å². The predicted octanol–water partition coefficient (Wildman–Crippen LogP) is 2.69. The summed E-state index contributed by atoms with van der Waals surface area (Å²) in [7, 11) is 0. The lowest BCUT2D eigenvalue weighted by molar-refractivity contribution is -0.122. The summed E-state index contributed by atoms with van der Waals surface area (Å²) in [5, 5.41) is 12.0. The highest BCUT2D eigenvalue weighted by molar-refractivity contribution is 5.76. The fourth-order valence-electron chi connectivity index (χ4n) is 2.62. The van der Waals surface area contributed by atoms with E-state index < -0.39 is 5.56 Å². The highest BCUT2D eigenvalue weighted by Crippen LogP contribution is 2.17. The van der Waals surface area contributed by atoms with Crippen molar-refractivity contribution in [2.24, 2.45) is 0 Å². The van der Waals surface area contributed by atoms with Gasteiger partial charge in [-0.2, -0.15) is 5.26 Å². The van der Waals surface area contributed by atoms with E-state index in [4.69, 9.17) is 5.26 Å². The van der Waals surface area contributed by atoms with Crippen molar-refractivity contribution in [1.82, 2.24) is 9.88 Å². The molecule has 0 spiro atoms. The second-order valence-corrected chi connectivity index (χ2v) is 5.74. The first kappa shape index (κ1) is 17.5. The minimum atomic E-state index is -0.431. The van der Waals surface area contributed by atoms with E-state index in [9.17, 15) is 9.59 Å². The van der Waals surface area contributed by atoms with Crippen LogP contribution in [0.2, 0.25) is 0 Å². The Hall–Kier alpha value is -2.87. The fourth-order valence-corrected chi connectivity index (χ4v) is 2.62. The first-order valence-corrected chi connectivity index (χ1v) is 8.01. The number of amides is 1. The van der Waals surface area contributed by atoms with Crippen LogP contribution in [0.4, 0.5) is 0 Å². The molecule has 0 bridgehead atoms. The zero-order valence-corrected chi connectivity index (χ0v) is 14.0. The van der Waals surface area contributed by atoms with Crippen LogP contribution in [0.3, 0.4) is 0 Å². The third-order valence-electron chi connectivity index (χ3n) is 3.91. The van der Waals surface area contributed by atoms with Gasteiger partial charge in [0.05, 0.1) is 6.04 Å². The number of nitrogens with zero attached hydrogens (tertiary/aromatic N) is 2. The van der Waals surface area contributed by atoms with Crippen LogP contribution in [-0.4, -0.2) is 10.5 Å². The number of hydrogen-bond acceptors (Lipinski definition) is 3. The summed E-state index contributed by atoms with van der Waals surface area (Å²) < 4.78 is 1.27. The maximum Gasteiger partial charge on any atom is 0.269 e. The third-order valence-corrected chi connectivity index (χ3v) is 3.91. The van der Waals surface area contributed by atoms with Gasteiger partial charge in [-0.3, -0.25) is 9.59 Å². The van der Waals surface area contributed by atoms with E-state index >= 15 is 0 Å². The molecule has 1 aromatic carbocycles. The molecule has 2 rings (SSSR count). The molecule has 0 aliphatic heterocycles. The van der Waals surface area contributed by atoms with Gasteiger partial charge in [0, 0.05) is 6.20 Å². The smallest absolute Gasteiger partial charge is 0.269 e. The summed E-state index contributed by atoms with van der Waals surface area (Å²) in [5.41, 5.74) is 1.31. The van der Waals surface area contributed by atoms with Crippen molar-refractivity contribution in [3.63, 3.8) is 0 Å². The van der Waals surface area contributed by atoms with Crippen molar-refractivity contribution in [3.8, 4) is 6.07 Å². The number of carbonyl (C=O) groups excluding carboxylic acids is 1. The molecule has 5 nitrogen and oxygen atoms in total. The van der Waals surface area contributed by atoms with Crippen LogP contribution >= 0.6 is 0 Å². The molecule has 0 radical (unpaired) electrons. The molecule has 5 heteroatoms. The second kappa shape index (κ2) is 8.11. The summed E-state index contributed by atoms with van der Waals surface area (Å²) in [4.78, 5) is 24.6. The van der Waals surface area contributed by atoms with E-state index in [1.807, 2.05) is 36.4 Å². The van der Waals surface area contributed by atoms with Crippen molar-refractivity contribution in [2.45, 2.75) is 39.3 Å². The minimum absolute atomic E-state index is 0.0819. The van der Waals surface area contributed by atoms with E-state index in [0.29, 0.717) is 5.56 Å². The average molecular weight is 323 g/mol. The Morgan fingerprint density at radius 3 is 2.62 bits per heavy atom. The average Bonchev–Trinajstić information content (AvgIpc) is 2.58. The molecule has 0 aliphatic carbocycles. The number of carbonyl (C=O) groups is 1. The van der Waals surface area contributed by atoms with Gasteiger partial charge in [-0.25, -0.2) is 0 Å². The highest BCUT2D eigenvalue weighted by Gasteiger charge is 2.15. The van der Waals surface area contributed by atoms with Gasteiger partial charge in [0.2, 0.25) is 5.91 Å². The molecule has 1 N–H and O–H groups in total. The number of aromatic nitrogens is 1. The van der Waals surface area contributed by atoms with E-state index in [1.54, 1.807) is 19.2 Å². The van der Waals surface area contributed by atoms with E-state index in [1.165, 1.54) is 4.57 Å². The van der Waals surface area contributed by atoms with Crippen LogP contribution in [0.15, 0.2) is 47.4 Å². The van der Waals surface area contributed by atoms with Crippen LogP contribution in [-0.2, 0) is 11.3 Å². The van der Waals surface area contributed by atoms with Gasteiger partial charge in [-0.05, 0) is 30.5 Å². The topological polar surface area (TPSA) is 74.9 Å². The highest BCUT2D eigenvalue weighted by atomic mass is 16.2. The summed E-state index contributed by atoms with van der Waals surface area (Å²) in [6, 6.07) is 13.3. The Morgan fingerprint density at radius 2 is 2.00 bits per heavy atom. The molecule has 1 heterocycles. The first-order chi connectivity index (χ1) is 11.6. The van der Waals surface area contributed by atoms with Crippen LogP contribution in [0.1, 0.15) is 42.5 Å². The van der Waals surface area contributed by atoms with E-state index in [-0.39, 0.29) is 24.1 Å². The maximum absolute atomic E-state index is 12.4. The second-order valence-electron chi connectivity index (χ2n) is 5.74. The number of aryl methyl sites for hydroxylation is 1. The molecule has 1 atom stereocenters. The number of hydrogen-bond donors (Lipinski definition) is 1. The summed E-state index contributed by atoms with van der Waals surface area (Å²) in [6.07, 6.45) is 3.31. The molecule has 2 aromatic rings. The fraction of sp³-hybridized carbons (Fsp3) is 0.316. The standard InChI is InChI=1S/C19H21N3O2/c1-3-7-17(15-8-5-4-6-9-15)21-18(23)13-22-11-10-14(2)16(12-20)19(22)24/h4-6,8-11,17H,3,7,13H2,1-2H3,(H,21,23). The molecular formula is C19H21N3O2. The summed E-state index contributed by atoms with van der Waals surface area (Å²) >= 11 is 0. The number of nitriles is 1. The third kappa shape index (κ3) is 4.11. The number of pyridine rings is 1. The molecule has 0 fully saturated rings. The molecule has 1 amide bonds. The van der Waals surface area contributed by atoms with Crippen molar-refractivity contribution < 1.29 is 4.79 Å². The van der Waals surface area contributed by atoms with Gasteiger partial charge in [0.1, 0.15) is 18.2 Å². The van der Waals surface area contributed by atoms with E-state index in [2.05, 4.69) is 12.2 Å². The van der Waals surface area contributed by atoms with Gasteiger partial charge in [-0.15, -0.1) is 0 Å². The number of rotatable bonds is 6. The quantitative estimate of drug-likeness (QED) is 0.888. The number of nitrogens with one attached hydrogen (secondary N) is 1. The zero-order chi connectivity index (χ0) is 17.5. The lowest BCUT2D eigenvalue weighted by atomic mass is 10.0. The van der Waals surface area contributed by atoms with Crippen molar-refractivity contribution in [2.75, 3.05) is 0 Å². The lowest BCUT2D eigenvalue weighted by Gasteiger charge is -2.19. The number of benzene rings is 1. The van der Waals surface area contributed by atoms with Gasteiger partial charge in [0.15, 0.2) is 0 Å². The Kier molecular flexibility index (Phi) is 5.91. The molecule has 0 aliphatic rings. The normalized spacial score (nSPS) is 11.5. The Balaban J connectivity index is 2.15. The first-order valence-electron chi connectivity index (χ1n) is 8.01. The molecule has 0 saturated heterocycles. The van der Waals surface area contributed by atoms with Gasteiger partial charge >= 0.3 is 0 Å². The Morgan fingerprint density at radius 1 is 1.29 bits per heavy atom. The molecular weight excluding hydrogens is 302 g/mol. The molecule has 0 saturated carbocycles. The Labute approximate surface area is 141 Å². The molecule has 1 unspecified atom stereocenters. The van der Waals surface area contributed by atoms with Crippen LogP contribution in [0, 0.1) is 18.3 Å². The van der Waals surface area contributed by atoms with Crippen LogP contribution < -0.4 is 10.9 Å². The summed E-state index contributed by atoms with van der Waals surface area (Å²) in [6.45, 7) is 3.67. The molecule has 24 heavy (non-hydrogen) atoms. The summed E-state index contributed by atoms with van der Waals surface area (Å²) in [5.74, 6) is -0.243. The maximum atomic E-state index is 12.4. The zero-order valence-electron chi connectivity index (χ0n) is 14.0. The van der Waals surface area contributed by atoms with Crippen molar-refractivity contribution in [1.29, 1.82) is 5.26 Å². The van der Waals surface area contributed by atoms with Crippen LogP contribution in [0.25, 0.3) is 0 Å². The lowest BCUT2D eigenvalue weighted by Crippen LogP contribution is -2.35. The van der Waals surface area contributed by atoms with Gasteiger partial charge in [-0.1, -0.05) is 43.7 Å². The van der Waals surface area contributed by atoms with Crippen LogP contribution in [0.5, 0.6) is 0 Å². The Bertz CT molecular complexity index is 804. The van der Waals surface area contributed by atoms with Gasteiger partial charge < -0.3 is 9.88 Å². The molecule has 1 aromatic heterocycles. The minimum Gasteiger partial charge on any atom is -0.348 e. The predicted molar refractivity (Wildman–Crippen MR) is 92.4 cm³/mol. The molecule has 124 valence electrons. The SMILES string of the molecule is CCCC(NC(=O)Cn1ccc(C)c(C#N)c1=O)c1ccccc1.